The van der Waals surface area contributed by atoms with Crippen LogP contribution in [0.4, 0.5) is 8.78 Å². The molecular formula is C27H32F2N3NaO5. The fourth-order valence-corrected chi connectivity index (χ4v) is 4.17. The number of halogens is 2. The summed E-state index contributed by atoms with van der Waals surface area (Å²) in [7, 11) is 0. The van der Waals surface area contributed by atoms with Crippen molar-refractivity contribution in [3.05, 3.63) is 77.2 Å². The van der Waals surface area contributed by atoms with Gasteiger partial charge in [-0.3, -0.25) is 9.59 Å². The SMILES string of the molecule is CC(C)n1c(C(=O)NCc2ccccc2)nc(-c2ccc(F)c(F)c2)c1CC[C@@H](O)C[C@@H](O)CC(=O)O.[H-].[Na+]. The molecule has 2 atom stereocenters. The van der Waals surface area contributed by atoms with Crippen LogP contribution in [0.3, 0.4) is 0 Å². The maximum absolute atomic E-state index is 14.1. The van der Waals surface area contributed by atoms with Crippen LogP contribution in [0.15, 0.2) is 48.5 Å². The molecule has 0 aliphatic rings. The molecule has 0 bridgehead atoms. The Bertz CT molecular complexity index is 1240. The van der Waals surface area contributed by atoms with Gasteiger partial charge in [-0.05, 0) is 56.9 Å². The number of aliphatic carboxylic acids is 1. The molecule has 0 aliphatic carbocycles. The first-order valence-corrected chi connectivity index (χ1v) is 12.0. The van der Waals surface area contributed by atoms with Gasteiger partial charge in [0.25, 0.3) is 5.91 Å². The van der Waals surface area contributed by atoms with E-state index < -0.39 is 42.1 Å². The third-order valence-corrected chi connectivity index (χ3v) is 5.89. The number of aliphatic hydroxyl groups excluding tert-OH is 2. The normalized spacial score (nSPS) is 12.6. The molecular weight excluding hydrogens is 507 g/mol. The van der Waals surface area contributed by atoms with E-state index >= 15 is 0 Å². The molecule has 0 fully saturated rings. The number of carboxylic acids is 1. The average molecular weight is 540 g/mol. The zero-order valence-electron chi connectivity index (χ0n) is 22.7. The van der Waals surface area contributed by atoms with Crippen molar-refractivity contribution in [2.45, 2.75) is 64.3 Å². The van der Waals surface area contributed by atoms with Crippen LogP contribution in [-0.2, 0) is 17.8 Å². The van der Waals surface area contributed by atoms with Crippen LogP contribution in [-0.4, -0.2) is 49.0 Å². The Kier molecular flexibility index (Phi) is 12.1. The quantitative estimate of drug-likeness (QED) is 0.255. The molecule has 4 N–H and O–H groups in total. The minimum atomic E-state index is -1.22. The Labute approximate surface area is 243 Å². The number of benzene rings is 2. The van der Waals surface area contributed by atoms with Crippen LogP contribution in [0.25, 0.3) is 11.3 Å². The maximum atomic E-state index is 14.1. The summed E-state index contributed by atoms with van der Waals surface area (Å²) < 4.78 is 29.4. The van der Waals surface area contributed by atoms with Gasteiger partial charge in [-0.1, -0.05) is 30.3 Å². The van der Waals surface area contributed by atoms with Crippen LogP contribution in [0.5, 0.6) is 0 Å². The van der Waals surface area contributed by atoms with E-state index in [0.717, 1.165) is 17.7 Å². The smallest absolute Gasteiger partial charge is 1.00 e. The summed E-state index contributed by atoms with van der Waals surface area (Å²) in [4.78, 5) is 28.5. The van der Waals surface area contributed by atoms with Crippen LogP contribution in [0, 0.1) is 11.6 Å². The molecule has 0 radical (unpaired) electrons. The minimum absolute atomic E-state index is 0. The van der Waals surface area contributed by atoms with Crippen LogP contribution >= 0.6 is 0 Å². The number of carbonyl (C=O) groups is 2. The van der Waals surface area contributed by atoms with E-state index in [-0.39, 0.29) is 79.9 Å². The molecule has 3 rings (SSSR count). The second-order valence-electron chi connectivity index (χ2n) is 9.17. The van der Waals surface area contributed by atoms with Gasteiger partial charge in [0.05, 0.1) is 24.3 Å². The van der Waals surface area contributed by atoms with Gasteiger partial charge in [-0.25, -0.2) is 13.8 Å². The number of amides is 1. The van der Waals surface area contributed by atoms with Crippen molar-refractivity contribution < 1.29 is 64.7 Å². The molecule has 0 spiro atoms. The fourth-order valence-electron chi connectivity index (χ4n) is 4.17. The molecule has 1 amide bonds. The van der Waals surface area contributed by atoms with Crippen LogP contribution in [0.1, 0.15) is 62.5 Å². The molecule has 0 saturated heterocycles. The van der Waals surface area contributed by atoms with Crippen molar-refractivity contribution in [1.82, 2.24) is 14.9 Å². The van der Waals surface area contributed by atoms with Crippen molar-refractivity contribution in [3.63, 3.8) is 0 Å². The topological polar surface area (TPSA) is 125 Å². The van der Waals surface area contributed by atoms with Crippen LogP contribution < -0.4 is 34.9 Å². The summed E-state index contributed by atoms with van der Waals surface area (Å²) in [6, 6.07) is 12.4. The summed E-state index contributed by atoms with van der Waals surface area (Å²) >= 11 is 0. The molecule has 8 nitrogen and oxygen atoms in total. The zero-order valence-corrected chi connectivity index (χ0v) is 23.7. The summed E-state index contributed by atoms with van der Waals surface area (Å²) in [6.07, 6.45) is -2.58. The van der Waals surface area contributed by atoms with E-state index in [1.54, 1.807) is 4.57 Å². The number of carboxylic acid groups (broad SMARTS) is 1. The van der Waals surface area contributed by atoms with E-state index in [9.17, 15) is 28.6 Å². The number of carbonyl (C=O) groups excluding carboxylic acids is 1. The number of hydrogen-bond acceptors (Lipinski definition) is 5. The minimum Gasteiger partial charge on any atom is -1.00 e. The molecule has 38 heavy (non-hydrogen) atoms. The van der Waals surface area contributed by atoms with E-state index in [1.807, 2.05) is 44.2 Å². The van der Waals surface area contributed by atoms with Crippen molar-refractivity contribution >= 4 is 11.9 Å². The monoisotopic (exact) mass is 539 g/mol. The number of aromatic nitrogens is 2. The molecule has 2 aromatic carbocycles. The Hall–Kier alpha value is -2.63. The standard InChI is InChI=1S/C27H31F2N3O5.Na.H/c1-16(2)32-23(11-9-19(33)13-20(34)14-24(35)36)25(18-8-10-21(28)22(29)12-18)31-26(32)27(37)30-15-17-6-4-3-5-7-17;;/h3-8,10,12,16,19-20,33-34H,9,11,13-15H2,1-2H3,(H,30,37)(H,35,36);;/q;+1;-1/t19-,20-;;/m1../s1. The maximum Gasteiger partial charge on any atom is 1.00 e. The molecule has 0 saturated carbocycles. The van der Waals surface area contributed by atoms with E-state index in [0.29, 0.717) is 5.69 Å². The second kappa shape index (κ2) is 14.5. The van der Waals surface area contributed by atoms with Gasteiger partial charge >= 0.3 is 35.5 Å². The Morgan fingerprint density at radius 1 is 1.05 bits per heavy atom. The van der Waals surface area contributed by atoms with Gasteiger partial charge in [0.2, 0.25) is 0 Å². The summed E-state index contributed by atoms with van der Waals surface area (Å²) in [5.74, 6) is -3.62. The number of rotatable bonds is 12. The van der Waals surface area contributed by atoms with E-state index in [4.69, 9.17) is 5.11 Å². The number of nitrogens with zero attached hydrogens (tertiary/aromatic N) is 2. The van der Waals surface area contributed by atoms with Crippen molar-refractivity contribution in [3.8, 4) is 11.3 Å². The zero-order chi connectivity index (χ0) is 27.1. The van der Waals surface area contributed by atoms with Gasteiger partial charge in [-0.15, -0.1) is 0 Å². The number of nitrogens with one attached hydrogen (secondary N) is 1. The Morgan fingerprint density at radius 2 is 1.74 bits per heavy atom. The summed E-state index contributed by atoms with van der Waals surface area (Å²) in [6.45, 7) is 3.96. The van der Waals surface area contributed by atoms with Gasteiger partial charge in [-0.2, -0.15) is 0 Å². The van der Waals surface area contributed by atoms with Crippen molar-refractivity contribution in [2.75, 3.05) is 0 Å². The summed E-state index contributed by atoms with van der Waals surface area (Å²) in [5, 5.41) is 31.9. The van der Waals surface area contributed by atoms with Crippen LogP contribution in [0.2, 0.25) is 0 Å². The number of imidazole rings is 1. The van der Waals surface area contributed by atoms with Gasteiger partial charge < -0.3 is 26.6 Å². The second-order valence-corrected chi connectivity index (χ2v) is 9.17. The number of aliphatic hydroxyl groups is 2. The molecule has 0 unspecified atom stereocenters. The first kappa shape index (κ1) is 31.6. The van der Waals surface area contributed by atoms with Crippen molar-refractivity contribution in [1.29, 1.82) is 0 Å². The molecule has 3 aromatic rings. The fraction of sp³-hybridized carbons (Fsp3) is 0.370. The molecule has 0 aliphatic heterocycles. The predicted octanol–water partition coefficient (Wildman–Crippen LogP) is 0.975. The third-order valence-electron chi connectivity index (χ3n) is 5.89. The van der Waals surface area contributed by atoms with E-state index in [2.05, 4.69) is 10.3 Å². The molecule has 1 aromatic heterocycles. The molecule has 1 heterocycles. The largest absolute Gasteiger partial charge is 1.00 e. The van der Waals surface area contributed by atoms with Gasteiger partial charge in [0, 0.05) is 23.8 Å². The molecule has 11 heteroatoms. The van der Waals surface area contributed by atoms with E-state index in [1.165, 1.54) is 6.07 Å². The van der Waals surface area contributed by atoms with Gasteiger partial charge in [0.1, 0.15) is 0 Å². The first-order valence-electron chi connectivity index (χ1n) is 12.0. The Balaban J connectivity index is 0.00000380. The Morgan fingerprint density at radius 3 is 2.34 bits per heavy atom. The third kappa shape index (κ3) is 8.44. The summed E-state index contributed by atoms with van der Waals surface area (Å²) in [5.41, 5.74) is 1.96. The molecule has 200 valence electrons. The van der Waals surface area contributed by atoms with Gasteiger partial charge in [0.15, 0.2) is 17.5 Å². The average Bonchev–Trinajstić information content (AvgIpc) is 3.23. The number of hydrogen-bond donors (Lipinski definition) is 4. The predicted molar refractivity (Wildman–Crippen MR) is 134 cm³/mol. The van der Waals surface area contributed by atoms with Crippen molar-refractivity contribution in [2.24, 2.45) is 0 Å². The first-order chi connectivity index (χ1) is 17.6.